The monoisotopic (exact) mass is 278 g/mol. The topological polar surface area (TPSA) is 139 Å². The first-order valence-corrected chi connectivity index (χ1v) is 6.23. The highest BCUT2D eigenvalue weighted by molar-refractivity contribution is 7.81. The van der Waals surface area contributed by atoms with Crippen LogP contribution in [0.3, 0.4) is 0 Å². The lowest BCUT2D eigenvalue weighted by atomic mass is 10.4. The van der Waals surface area contributed by atoms with Crippen LogP contribution in [-0.2, 0) is 29.0 Å². The van der Waals surface area contributed by atoms with Gasteiger partial charge in [0.15, 0.2) is 0 Å². The van der Waals surface area contributed by atoms with Gasteiger partial charge in [-0.15, -0.1) is 0 Å². The van der Waals surface area contributed by atoms with Crippen LogP contribution in [0.5, 0.6) is 0 Å². The summed E-state index contributed by atoms with van der Waals surface area (Å²) in [6.07, 6.45) is 1.00. The van der Waals surface area contributed by atoms with Gasteiger partial charge in [-0.3, -0.25) is 24.3 Å². The molecule has 2 aliphatic heterocycles. The first-order valence-electron chi connectivity index (χ1n) is 4.86. The van der Waals surface area contributed by atoms with E-state index < -0.39 is 16.3 Å². The van der Waals surface area contributed by atoms with E-state index in [9.17, 15) is 22.8 Å². The molecule has 0 aromatic rings. The maximum absolute atomic E-state index is 10.4. The summed E-state index contributed by atoms with van der Waals surface area (Å²) in [5.74, 6) is -0.990. The smallest absolute Gasteiger partial charge is 0.346 e. The fourth-order valence-corrected chi connectivity index (χ4v) is 1.52. The second kappa shape index (κ2) is 5.69. The molecule has 0 atom stereocenters. The van der Waals surface area contributed by atoms with Crippen LogP contribution in [0.25, 0.3) is 0 Å². The SMILES string of the molecule is O=C1CCC(=O)N1.O=C1CCC(OS(=O)(=O)O)=N1. The molecule has 100 valence electrons. The zero-order valence-electron chi connectivity index (χ0n) is 9.08. The maximum atomic E-state index is 10.4. The summed E-state index contributed by atoms with van der Waals surface area (Å²) >= 11 is 0. The largest absolute Gasteiger partial charge is 0.447 e. The van der Waals surface area contributed by atoms with Crippen molar-refractivity contribution in [3.63, 3.8) is 0 Å². The third kappa shape index (κ3) is 5.50. The van der Waals surface area contributed by atoms with Crippen molar-refractivity contribution in [3.05, 3.63) is 0 Å². The lowest BCUT2D eigenvalue weighted by Gasteiger charge is -1.96. The van der Waals surface area contributed by atoms with Crippen LogP contribution in [0.4, 0.5) is 0 Å². The van der Waals surface area contributed by atoms with E-state index in [1.165, 1.54) is 0 Å². The van der Waals surface area contributed by atoms with E-state index in [4.69, 9.17) is 4.55 Å². The summed E-state index contributed by atoms with van der Waals surface area (Å²) in [6, 6.07) is 0. The zero-order valence-corrected chi connectivity index (χ0v) is 9.90. The van der Waals surface area contributed by atoms with Crippen molar-refractivity contribution >= 4 is 34.0 Å². The minimum atomic E-state index is -4.51. The molecule has 0 aliphatic carbocycles. The van der Waals surface area contributed by atoms with Gasteiger partial charge in [-0.1, -0.05) is 0 Å². The minimum absolute atomic E-state index is 0.124. The fraction of sp³-hybridized carbons (Fsp3) is 0.500. The second-order valence-electron chi connectivity index (χ2n) is 3.38. The highest BCUT2D eigenvalue weighted by atomic mass is 32.3. The molecule has 0 aromatic heterocycles. The molecule has 0 aromatic carbocycles. The number of imide groups is 1. The Morgan fingerprint density at radius 2 is 1.61 bits per heavy atom. The molecule has 9 nitrogen and oxygen atoms in total. The standard InChI is InChI=1S/C4H5NO5S.C4H5NO2/c6-3-1-2-4(5-3)10-11(7,8)9;6-3-1-2-4(7)5-3/h1-2H2,(H,7,8,9);1-2H2,(H,5,6,7). The van der Waals surface area contributed by atoms with Crippen molar-refractivity contribution in [1.82, 2.24) is 5.32 Å². The van der Waals surface area contributed by atoms with Gasteiger partial charge < -0.3 is 4.18 Å². The first-order chi connectivity index (χ1) is 8.26. The number of hydrogen-bond donors (Lipinski definition) is 2. The van der Waals surface area contributed by atoms with Crippen LogP contribution in [0.2, 0.25) is 0 Å². The van der Waals surface area contributed by atoms with Gasteiger partial charge in [0.05, 0.1) is 0 Å². The van der Waals surface area contributed by atoms with Gasteiger partial charge in [0.1, 0.15) is 0 Å². The number of hydrogen-bond acceptors (Lipinski definition) is 6. The number of nitrogens with one attached hydrogen (secondary N) is 1. The molecule has 10 heteroatoms. The van der Waals surface area contributed by atoms with E-state index >= 15 is 0 Å². The molecule has 1 saturated heterocycles. The predicted molar refractivity (Wildman–Crippen MR) is 56.7 cm³/mol. The number of carbonyl (C=O) groups is 3. The first kappa shape index (κ1) is 14.3. The van der Waals surface area contributed by atoms with E-state index in [1.54, 1.807) is 0 Å². The Labute approximate surface area is 102 Å². The molecule has 18 heavy (non-hydrogen) atoms. The molecule has 2 aliphatic rings. The van der Waals surface area contributed by atoms with Crippen LogP contribution in [-0.4, -0.2) is 36.6 Å². The van der Waals surface area contributed by atoms with E-state index in [2.05, 4.69) is 14.5 Å². The third-order valence-electron chi connectivity index (χ3n) is 1.86. The molecular formula is C8H10N2O7S. The Hall–Kier alpha value is -1.81. The second-order valence-corrected chi connectivity index (χ2v) is 4.40. The van der Waals surface area contributed by atoms with Crippen molar-refractivity contribution in [1.29, 1.82) is 0 Å². The molecule has 0 radical (unpaired) electrons. The number of carbonyl (C=O) groups excluding carboxylic acids is 3. The van der Waals surface area contributed by atoms with Crippen molar-refractivity contribution in [2.24, 2.45) is 4.99 Å². The van der Waals surface area contributed by atoms with Gasteiger partial charge in [-0.25, -0.2) is 0 Å². The summed E-state index contributed by atoms with van der Waals surface area (Å²) in [5, 5.41) is 2.14. The van der Waals surface area contributed by atoms with E-state index in [0.29, 0.717) is 12.8 Å². The molecular weight excluding hydrogens is 268 g/mol. The highest BCUT2D eigenvalue weighted by Gasteiger charge is 2.19. The quantitative estimate of drug-likeness (QED) is 0.460. The molecule has 3 amide bonds. The van der Waals surface area contributed by atoms with Gasteiger partial charge >= 0.3 is 10.4 Å². The van der Waals surface area contributed by atoms with Crippen LogP contribution in [0, 0.1) is 0 Å². The summed E-state index contributed by atoms with van der Waals surface area (Å²) in [6.45, 7) is 0. The number of amides is 3. The Morgan fingerprint density at radius 3 is 1.89 bits per heavy atom. The van der Waals surface area contributed by atoms with Crippen molar-refractivity contribution < 1.29 is 31.5 Å². The molecule has 2 N–H and O–H groups in total. The lowest BCUT2D eigenvalue weighted by molar-refractivity contribution is -0.124. The minimum Gasteiger partial charge on any atom is -0.346 e. The van der Waals surface area contributed by atoms with E-state index in [-0.39, 0.29) is 30.6 Å². The van der Waals surface area contributed by atoms with E-state index in [1.807, 2.05) is 0 Å². The molecule has 2 rings (SSSR count). The normalized spacial score (nSPS) is 18.9. The zero-order chi connectivity index (χ0) is 13.8. The van der Waals surface area contributed by atoms with Crippen molar-refractivity contribution in [3.8, 4) is 0 Å². The van der Waals surface area contributed by atoms with Crippen molar-refractivity contribution in [2.45, 2.75) is 25.7 Å². The average molecular weight is 278 g/mol. The summed E-state index contributed by atoms with van der Waals surface area (Å²) in [4.78, 5) is 33.8. The van der Waals surface area contributed by atoms with Gasteiger partial charge in [0.25, 0.3) is 0 Å². The Bertz CT molecular complexity index is 494. The predicted octanol–water partition coefficient (Wildman–Crippen LogP) is -1.05. The summed E-state index contributed by atoms with van der Waals surface area (Å²) in [5.41, 5.74) is 0. The molecule has 0 unspecified atom stereocenters. The molecule has 0 spiro atoms. The van der Waals surface area contributed by atoms with Crippen LogP contribution in [0.1, 0.15) is 25.7 Å². The number of aliphatic imine (C=N–C) groups is 1. The van der Waals surface area contributed by atoms with Crippen LogP contribution >= 0.6 is 0 Å². The molecule has 0 saturated carbocycles. The summed E-state index contributed by atoms with van der Waals surface area (Å²) < 4.78 is 32.1. The Morgan fingerprint density at radius 1 is 1.06 bits per heavy atom. The third-order valence-corrected chi connectivity index (χ3v) is 2.26. The highest BCUT2D eigenvalue weighted by Crippen LogP contribution is 2.08. The molecule has 2 heterocycles. The number of rotatable bonds is 1. The maximum Gasteiger partial charge on any atom is 0.447 e. The van der Waals surface area contributed by atoms with Crippen LogP contribution in [0.15, 0.2) is 4.99 Å². The summed E-state index contributed by atoms with van der Waals surface area (Å²) in [7, 11) is -4.51. The van der Waals surface area contributed by atoms with Gasteiger partial charge in [0, 0.05) is 25.7 Å². The Kier molecular flexibility index (Phi) is 4.50. The molecule has 1 fully saturated rings. The molecule has 0 bridgehead atoms. The van der Waals surface area contributed by atoms with Gasteiger partial charge in [-0.05, 0) is 0 Å². The van der Waals surface area contributed by atoms with Gasteiger partial charge in [0.2, 0.25) is 23.6 Å². The van der Waals surface area contributed by atoms with Crippen LogP contribution < -0.4 is 5.32 Å². The number of nitrogens with zero attached hydrogens (tertiary/aromatic N) is 1. The average Bonchev–Trinajstić information content (AvgIpc) is 2.74. The van der Waals surface area contributed by atoms with E-state index in [0.717, 1.165) is 0 Å². The van der Waals surface area contributed by atoms with Crippen molar-refractivity contribution in [2.75, 3.05) is 0 Å². The lowest BCUT2D eigenvalue weighted by Crippen LogP contribution is -2.18. The fourth-order valence-electron chi connectivity index (χ4n) is 1.15. The van der Waals surface area contributed by atoms with Gasteiger partial charge in [-0.2, -0.15) is 13.4 Å². The Balaban J connectivity index is 0.000000199.